The molecule has 0 radical (unpaired) electrons. The van der Waals surface area contributed by atoms with E-state index in [2.05, 4.69) is 10.6 Å². The second-order valence-corrected chi connectivity index (χ2v) is 7.68. The largest absolute Gasteiger partial charge is 0.513 e. The van der Waals surface area contributed by atoms with Crippen molar-refractivity contribution in [3.05, 3.63) is 89.5 Å². The van der Waals surface area contributed by atoms with Crippen molar-refractivity contribution in [3.8, 4) is 5.75 Å². The molecule has 0 bridgehead atoms. The SMILES string of the molecule is CCOC(=O)Oc1ccc(C(=O)Nc2ccc(NC(=O)CCC(=O)c3ccc(C)cc3)cc2)cc1. The zero-order chi connectivity index (χ0) is 25.2. The molecule has 0 aliphatic heterocycles. The zero-order valence-electron chi connectivity index (χ0n) is 19.5. The predicted octanol–water partition coefficient (Wildman–Crippen LogP) is 5.38. The van der Waals surface area contributed by atoms with E-state index < -0.39 is 6.16 Å². The highest BCUT2D eigenvalue weighted by Gasteiger charge is 2.11. The van der Waals surface area contributed by atoms with Gasteiger partial charge < -0.3 is 20.1 Å². The van der Waals surface area contributed by atoms with Crippen molar-refractivity contribution in [1.29, 1.82) is 0 Å². The summed E-state index contributed by atoms with van der Waals surface area (Å²) in [5.41, 5.74) is 3.12. The molecule has 0 aliphatic rings. The van der Waals surface area contributed by atoms with Gasteiger partial charge in [-0.05, 0) is 62.4 Å². The molecule has 0 fully saturated rings. The quantitative estimate of drug-likeness (QED) is 0.245. The molecular formula is C27H26N2O6. The minimum absolute atomic E-state index is 0.0705. The second kappa shape index (κ2) is 12.1. The first-order valence-electron chi connectivity index (χ1n) is 11.1. The number of Topliss-reactive ketones (excluding diaryl/α,β-unsaturated/α-hetero) is 1. The Bertz CT molecular complexity index is 1190. The van der Waals surface area contributed by atoms with Gasteiger partial charge in [0, 0.05) is 35.3 Å². The summed E-state index contributed by atoms with van der Waals surface area (Å²) in [5, 5.41) is 5.50. The highest BCUT2D eigenvalue weighted by molar-refractivity contribution is 6.04. The molecule has 0 saturated heterocycles. The Morgan fingerprint density at radius 3 is 1.89 bits per heavy atom. The van der Waals surface area contributed by atoms with Crippen molar-refractivity contribution in [2.45, 2.75) is 26.7 Å². The summed E-state index contributed by atoms with van der Waals surface area (Å²) >= 11 is 0. The lowest BCUT2D eigenvalue weighted by Gasteiger charge is -2.09. The Morgan fingerprint density at radius 2 is 1.29 bits per heavy atom. The molecular weight excluding hydrogens is 448 g/mol. The molecule has 3 rings (SSSR count). The van der Waals surface area contributed by atoms with Crippen LogP contribution in [0.5, 0.6) is 5.75 Å². The highest BCUT2D eigenvalue weighted by atomic mass is 16.7. The number of aryl methyl sites for hydroxylation is 1. The van der Waals surface area contributed by atoms with E-state index in [4.69, 9.17) is 9.47 Å². The van der Waals surface area contributed by atoms with Crippen molar-refractivity contribution < 1.29 is 28.7 Å². The van der Waals surface area contributed by atoms with E-state index in [1.165, 1.54) is 24.3 Å². The van der Waals surface area contributed by atoms with Crippen molar-refractivity contribution in [2.24, 2.45) is 0 Å². The Kier molecular flexibility index (Phi) is 8.72. The number of carbonyl (C=O) groups excluding carboxylic acids is 4. The summed E-state index contributed by atoms with van der Waals surface area (Å²) in [5.74, 6) is -0.439. The maximum atomic E-state index is 12.5. The van der Waals surface area contributed by atoms with Gasteiger partial charge in [0.25, 0.3) is 5.91 Å². The van der Waals surface area contributed by atoms with Gasteiger partial charge >= 0.3 is 6.16 Å². The molecule has 0 spiro atoms. The fourth-order valence-electron chi connectivity index (χ4n) is 3.09. The van der Waals surface area contributed by atoms with Crippen LogP contribution in [-0.2, 0) is 9.53 Å². The molecule has 3 aromatic carbocycles. The van der Waals surface area contributed by atoms with Crippen LogP contribution in [0.4, 0.5) is 16.2 Å². The van der Waals surface area contributed by atoms with Crippen LogP contribution in [0.2, 0.25) is 0 Å². The van der Waals surface area contributed by atoms with Gasteiger partial charge in [0.2, 0.25) is 5.91 Å². The van der Waals surface area contributed by atoms with Crippen molar-refractivity contribution in [3.63, 3.8) is 0 Å². The van der Waals surface area contributed by atoms with E-state index in [0.717, 1.165) is 5.56 Å². The third-order valence-electron chi connectivity index (χ3n) is 4.96. The van der Waals surface area contributed by atoms with Gasteiger partial charge in [-0.25, -0.2) is 4.79 Å². The molecule has 2 amide bonds. The lowest BCUT2D eigenvalue weighted by molar-refractivity contribution is -0.116. The Morgan fingerprint density at radius 1 is 0.714 bits per heavy atom. The lowest BCUT2D eigenvalue weighted by Crippen LogP contribution is -2.14. The number of carbonyl (C=O) groups is 4. The summed E-state index contributed by atoms with van der Waals surface area (Å²) in [7, 11) is 0. The standard InChI is InChI=1S/C27H26N2O6/c1-3-34-27(33)35-23-14-8-20(9-15-23)26(32)29-22-12-10-21(11-13-22)28-25(31)17-16-24(30)19-6-4-18(2)5-7-19/h4-15H,3,16-17H2,1-2H3,(H,28,31)(H,29,32). The molecule has 0 aromatic heterocycles. The van der Waals surface area contributed by atoms with Crippen LogP contribution < -0.4 is 15.4 Å². The van der Waals surface area contributed by atoms with E-state index in [-0.39, 0.29) is 42.8 Å². The van der Waals surface area contributed by atoms with E-state index in [1.54, 1.807) is 43.3 Å². The Labute approximate surface area is 203 Å². The first-order chi connectivity index (χ1) is 16.8. The van der Waals surface area contributed by atoms with Crippen LogP contribution >= 0.6 is 0 Å². The average molecular weight is 475 g/mol. The van der Waals surface area contributed by atoms with Gasteiger partial charge in [0.1, 0.15) is 5.75 Å². The summed E-state index contributed by atoms with van der Waals surface area (Å²) in [4.78, 5) is 48.2. The molecule has 0 aliphatic carbocycles. The fourth-order valence-corrected chi connectivity index (χ4v) is 3.09. The predicted molar refractivity (Wildman–Crippen MR) is 132 cm³/mol. The monoisotopic (exact) mass is 474 g/mol. The molecule has 180 valence electrons. The van der Waals surface area contributed by atoms with Crippen molar-refractivity contribution in [2.75, 3.05) is 17.2 Å². The van der Waals surface area contributed by atoms with Crippen LogP contribution in [0, 0.1) is 6.92 Å². The van der Waals surface area contributed by atoms with Gasteiger partial charge in [-0.2, -0.15) is 0 Å². The molecule has 3 aromatic rings. The third-order valence-corrected chi connectivity index (χ3v) is 4.96. The molecule has 2 N–H and O–H groups in total. The number of rotatable bonds is 9. The van der Waals surface area contributed by atoms with Crippen LogP contribution in [0.1, 0.15) is 46.0 Å². The van der Waals surface area contributed by atoms with E-state index in [0.29, 0.717) is 22.5 Å². The highest BCUT2D eigenvalue weighted by Crippen LogP contribution is 2.17. The number of ether oxygens (including phenoxy) is 2. The first-order valence-corrected chi connectivity index (χ1v) is 11.1. The summed E-state index contributed by atoms with van der Waals surface area (Å²) in [6.07, 6.45) is -0.622. The molecule has 8 heteroatoms. The zero-order valence-corrected chi connectivity index (χ0v) is 19.5. The fraction of sp³-hybridized carbons (Fsp3) is 0.185. The van der Waals surface area contributed by atoms with E-state index >= 15 is 0 Å². The number of anilines is 2. The van der Waals surface area contributed by atoms with Gasteiger partial charge in [-0.15, -0.1) is 0 Å². The normalized spacial score (nSPS) is 10.2. The Hall–Kier alpha value is -4.46. The minimum Gasteiger partial charge on any atom is -0.434 e. The van der Waals surface area contributed by atoms with Gasteiger partial charge in [0.15, 0.2) is 5.78 Å². The topological polar surface area (TPSA) is 111 Å². The number of nitrogens with one attached hydrogen (secondary N) is 2. The molecule has 0 unspecified atom stereocenters. The van der Waals surface area contributed by atoms with Crippen LogP contribution in [0.15, 0.2) is 72.8 Å². The maximum absolute atomic E-state index is 12.5. The van der Waals surface area contributed by atoms with Crippen molar-refractivity contribution in [1.82, 2.24) is 0 Å². The molecule has 0 heterocycles. The Balaban J connectivity index is 1.47. The smallest absolute Gasteiger partial charge is 0.434 e. The first kappa shape index (κ1) is 25.2. The van der Waals surface area contributed by atoms with Gasteiger partial charge in [-0.1, -0.05) is 29.8 Å². The maximum Gasteiger partial charge on any atom is 0.513 e. The van der Waals surface area contributed by atoms with Crippen LogP contribution in [-0.4, -0.2) is 30.4 Å². The number of benzene rings is 3. The summed E-state index contributed by atoms with van der Waals surface area (Å²) < 4.78 is 9.66. The number of hydrogen-bond donors (Lipinski definition) is 2. The number of amides is 2. The number of ketones is 1. The van der Waals surface area contributed by atoms with Crippen molar-refractivity contribution >= 4 is 35.1 Å². The van der Waals surface area contributed by atoms with E-state index in [1.807, 2.05) is 19.1 Å². The molecule has 8 nitrogen and oxygen atoms in total. The van der Waals surface area contributed by atoms with Gasteiger partial charge in [-0.3, -0.25) is 14.4 Å². The molecule has 0 atom stereocenters. The summed E-state index contributed by atoms with van der Waals surface area (Å²) in [6.45, 7) is 3.82. The minimum atomic E-state index is -0.810. The molecule has 0 saturated carbocycles. The average Bonchev–Trinajstić information content (AvgIpc) is 2.85. The number of hydrogen-bond acceptors (Lipinski definition) is 6. The third kappa shape index (κ3) is 7.82. The molecule has 35 heavy (non-hydrogen) atoms. The van der Waals surface area contributed by atoms with E-state index in [9.17, 15) is 19.2 Å². The summed E-state index contributed by atoms with van der Waals surface area (Å²) in [6, 6.07) is 19.9. The van der Waals surface area contributed by atoms with Crippen LogP contribution in [0.3, 0.4) is 0 Å². The lowest BCUT2D eigenvalue weighted by atomic mass is 10.0. The van der Waals surface area contributed by atoms with Gasteiger partial charge in [0.05, 0.1) is 6.61 Å². The van der Waals surface area contributed by atoms with Crippen LogP contribution in [0.25, 0.3) is 0 Å². The second-order valence-electron chi connectivity index (χ2n) is 7.68.